The molecule has 3 rings (SSSR count). The first-order chi connectivity index (χ1) is 13.7. The Bertz CT molecular complexity index is 919. The number of halogens is 1. The molecular formula is C24H23ClN2O. The van der Waals surface area contributed by atoms with Gasteiger partial charge >= 0.3 is 6.03 Å². The normalized spacial score (nSPS) is 10.8. The lowest BCUT2D eigenvalue weighted by atomic mass is 10.1. The predicted octanol–water partition coefficient (Wildman–Crippen LogP) is 6.65. The highest BCUT2D eigenvalue weighted by Gasteiger charge is 2.14. The van der Waals surface area contributed by atoms with Gasteiger partial charge in [-0.2, -0.15) is 0 Å². The summed E-state index contributed by atoms with van der Waals surface area (Å²) < 4.78 is 0. The molecule has 0 unspecified atom stereocenters. The molecule has 0 bridgehead atoms. The van der Waals surface area contributed by atoms with Crippen LogP contribution in [0, 0.1) is 0 Å². The van der Waals surface area contributed by atoms with E-state index >= 15 is 0 Å². The molecule has 0 fully saturated rings. The lowest BCUT2D eigenvalue weighted by Gasteiger charge is -2.22. The number of urea groups is 1. The molecule has 0 aliphatic rings. The average Bonchev–Trinajstić information content (AvgIpc) is 2.74. The number of amides is 2. The van der Waals surface area contributed by atoms with Crippen LogP contribution in [-0.2, 0) is 6.42 Å². The number of anilines is 2. The van der Waals surface area contributed by atoms with Gasteiger partial charge in [-0.05, 0) is 53.9 Å². The zero-order valence-corrected chi connectivity index (χ0v) is 16.6. The zero-order valence-electron chi connectivity index (χ0n) is 15.8. The first kappa shape index (κ1) is 19.7. The highest BCUT2D eigenvalue weighted by Crippen LogP contribution is 2.19. The standard InChI is InChI=1S/C24H23ClN2O/c1-2-19-10-16-23(17-11-19)27(18-6-9-20-7-4-3-5-8-20)24(28)26-22-14-12-21(25)13-15-22/h3-17H,2,18H2,1H3,(H,26,28)/b9-6+. The van der Waals surface area contributed by atoms with E-state index in [9.17, 15) is 4.79 Å². The third kappa shape index (κ3) is 5.48. The Morgan fingerprint density at radius 2 is 1.64 bits per heavy atom. The zero-order chi connectivity index (χ0) is 19.8. The Kier molecular flexibility index (Phi) is 6.88. The maximum atomic E-state index is 12.9. The van der Waals surface area contributed by atoms with E-state index in [0.717, 1.165) is 17.7 Å². The lowest BCUT2D eigenvalue weighted by molar-refractivity contribution is 0.257. The van der Waals surface area contributed by atoms with E-state index in [1.54, 1.807) is 29.2 Å². The second-order valence-electron chi connectivity index (χ2n) is 6.38. The van der Waals surface area contributed by atoms with E-state index in [0.29, 0.717) is 17.3 Å². The average molecular weight is 391 g/mol. The lowest BCUT2D eigenvalue weighted by Crippen LogP contribution is -2.35. The van der Waals surface area contributed by atoms with Gasteiger partial charge in [0.1, 0.15) is 0 Å². The number of nitrogens with zero attached hydrogens (tertiary/aromatic N) is 1. The van der Waals surface area contributed by atoms with E-state index in [1.807, 2.05) is 54.6 Å². The van der Waals surface area contributed by atoms with Gasteiger partial charge < -0.3 is 5.32 Å². The van der Waals surface area contributed by atoms with E-state index in [2.05, 4.69) is 24.4 Å². The number of nitrogens with one attached hydrogen (secondary N) is 1. The third-order valence-electron chi connectivity index (χ3n) is 4.39. The van der Waals surface area contributed by atoms with Gasteiger partial charge in [0.2, 0.25) is 0 Å². The number of aryl methyl sites for hydroxylation is 1. The molecule has 0 aliphatic carbocycles. The van der Waals surface area contributed by atoms with Crippen molar-refractivity contribution >= 4 is 35.1 Å². The van der Waals surface area contributed by atoms with E-state index in [1.165, 1.54) is 5.56 Å². The molecule has 0 radical (unpaired) electrons. The molecule has 0 aliphatic heterocycles. The van der Waals surface area contributed by atoms with Crippen LogP contribution in [0.25, 0.3) is 6.08 Å². The van der Waals surface area contributed by atoms with E-state index in [4.69, 9.17) is 11.6 Å². The molecule has 1 N–H and O–H groups in total. The van der Waals surface area contributed by atoms with Crippen molar-refractivity contribution in [3.05, 3.63) is 101 Å². The molecule has 0 atom stereocenters. The van der Waals surface area contributed by atoms with Crippen LogP contribution in [0.3, 0.4) is 0 Å². The first-order valence-electron chi connectivity index (χ1n) is 9.30. The van der Waals surface area contributed by atoms with Crippen LogP contribution in [0.1, 0.15) is 18.1 Å². The fourth-order valence-electron chi connectivity index (χ4n) is 2.80. The quantitative estimate of drug-likeness (QED) is 0.501. The molecule has 0 heterocycles. The second kappa shape index (κ2) is 9.77. The van der Waals surface area contributed by atoms with Crippen LogP contribution in [0.2, 0.25) is 5.02 Å². The van der Waals surface area contributed by atoms with E-state index < -0.39 is 0 Å². The second-order valence-corrected chi connectivity index (χ2v) is 6.82. The maximum Gasteiger partial charge on any atom is 0.326 e. The number of rotatable bonds is 6. The molecule has 0 saturated heterocycles. The molecular weight excluding hydrogens is 368 g/mol. The van der Waals surface area contributed by atoms with Crippen molar-refractivity contribution in [3.8, 4) is 0 Å². The van der Waals surface area contributed by atoms with Crippen molar-refractivity contribution in [2.75, 3.05) is 16.8 Å². The summed E-state index contributed by atoms with van der Waals surface area (Å²) in [6.45, 7) is 2.57. The van der Waals surface area contributed by atoms with Gasteiger partial charge in [-0.25, -0.2) is 4.79 Å². The Morgan fingerprint density at radius 3 is 2.29 bits per heavy atom. The molecule has 2 amide bonds. The highest BCUT2D eigenvalue weighted by atomic mass is 35.5. The van der Waals surface area contributed by atoms with E-state index in [-0.39, 0.29) is 6.03 Å². The summed E-state index contributed by atoms with van der Waals surface area (Å²) in [7, 11) is 0. The number of carbonyl (C=O) groups is 1. The van der Waals surface area contributed by atoms with Gasteiger partial charge in [-0.15, -0.1) is 0 Å². The summed E-state index contributed by atoms with van der Waals surface area (Å²) in [6.07, 6.45) is 4.97. The fourth-order valence-corrected chi connectivity index (χ4v) is 2.93. The van der Waals surface area contributed by atoms with Crippen LogP contribution < -0.4 is 10.2 Å². The SMILES string of the molecule is CCc1ccc(N(C/C=C/c2ccccc2)C(=O)Nc2ccc(Cl)cc2)cc1. The van der Waals surface area contributed by atoms with Crippen LogP contribution in [-0.4, -0.2) is 12.6 Å². The number of carbonyl (C=O) groups excluding carboxylic acids is 1. The summed E-state index contributed by atoms with van der Waals surface area (Å²) in [5.74, 6) is 0. The summed E-state index contributed by atoms with van der Waals surface area (Å²) >= 11 is 5.93. The van der Waals surface area contributed by atoms with Gasteiger partial charge in [0.25, 0.3) is 0 Å². The summed E-state index contributed by atoms with van der Waals surface area (Å²) in [6, 6.07) is 25.0. The van der Waals surface area contributed by atoms with Crippen molar-refractivity contribution in [3.63, 3.8) is 0 Å². The van der Waals surface area contributed by atoms with Crippen molar-refractivity contribution in [2.24, 2.45) is 0 Å². The largest absolute Gasteiger partial charge is 0.326 e. The molecule has 142 valence electrons. The minimum atomic E-state index is -0.190. The number of benzene rings is 3. The molecule has 3 nitrogen and oxygen atoms in total. The van der Waals surface area contributed by atoms with Gasteiger partial charge in [0, 0.05) is 22.9 Å². The smallest absolute Gasteiger partial charge is 0.308 e. The molecule has 0 aromatic heterocycles. The highest BCUT2D eigenvalue weighted by molar-refractivity contribution is 6.30. The molecule has 3 aromatic rings. The Labute approximate surface area is 171 Å². The van der Waals surface area contributed by atoms with Crippen molar-refractivity contribution in [1.82, 2.24) is 0 Å². The van der Waals surface area contributed by atoms with Crippen molar-refractivity contribution in [1.29, 1.82) is 0 Å². The van der Waals surface area contributed by atoms with Gasteiger partial charge in [-0.3, -0.25) is 4.90 Å². The van der Waals surface area contributed by atoms with Crippen molar-refractivity contribution < 1.29 is 4.79 Å². The van der Waals surface area contributed by atoms with Crippen LogP contribution in [0.5, 0.6) is 0 Å². The van der Waals surface area contributed by atoms with Crippen molar-refractivity contribution in [2.45, 2.75) is 13.3 Å². The minimum Gasteiger partial charge on any atom is -0.308 e. The Hall–Kier alpha value is -3.04. The summed E-state index contributed by atoms with van der Waals surface area (Å²) in [5, 5.41) is 3.57. The first-order valence-corrected chi connectivity index (χ1v) is 9.68. The monoisotopic (exact) mass is 390 g/mol. The fraction of sp³-hybridized carbons (Fsp3) is 0.125. The van der Waals surface area contributed by atoms with Gasteiger partial charge in [0.15, 0.2) is 0 Å². The molecule has 0 spiro atoms. The number of hydrogen-bond donors (Lipinski definition) is 1. The Morgan fingerprint density at radius 1 is 0.964 bits per heavy atom. The van der Waals surface area contributed by atoms with Crippen LogP contribution in [0.15, 0.2) is 84.9 Å². The molecule has 28 heavy (non-hydrogen) atoms. The maximum absolute atomic E-state index is 12.9. The van der Waals surface area contributed by atoms with Crippen LogP contribution in [0.4, 0.5) is 16.2 Å². The molecule has 0 saturated carbocycles. The molecule has 3 aromatic carbocycles. The third-order valence-corrected chi connectivity index (χ3v) is 4.65. The Balaban J connectivity index is 1.79. The van der Waals surface area contributed by atoms with Crippen LogP contribution >= 0.6 is 11.6 Å². The topological polar surface area (TPSA) is 32.3 Å². The summed E-state index contributed by atoms with van der Waals surface area (Å²) in [4.78, 5) is 14.7. The summed E-state index contributed by atoms with van der Waals surface area (Å²) in [5.41, 5.74) is 3.89. The molecule has 4 heteroatoms. The number of hydrogen-bond acceptors (Lipinski definition) is 1. The van der Waals surface area contributed by atoms with Gasteiger partial charge in [0.05, 0.1) is 0 Å². The van der Waals surface area contributed by atoms with Gasteiger partial charge in [-0.1, -0.05) is 73.1 Å². The predicted molar refractivity (Wildman–Crippen MR) is 119 cm³/mol. The minimum absolute atomic E-state index is 0.190.